The Morgan fingerprint density at radius 2 is 1.92 bits per heavy atom. The number of amides is 1. The van der Waals surface area contributed by atoms with E-state index in [9.17, 15) is 14.9 Å². The van der Waals surface area contributed by atoms with Crippen molar-refractivity contribution < 1.29 is 14.3 Å². The van der Waals surface area contributed by atoms with Crippen LogP contribution in [0.5, 0.6) is 0 Å². The summed E-state index contributed by atoms with van der Waals surface area (Å²) in [5.74, 6) is -0.550. The molecule has 1 N–H and O–H groups in total. The Morgan fingerprint density at radius 1 is 1.16 bits per heavy atom. The van der Waals surface area contributed by atoms with Crippen LogP contribution in [0.15, 0.2) is 47.1 Å². The second kappa shape index (κ2) is 6.52. The van der Waals surface area contributed by atoms with Crippen molar-refractivity contribution >= 4 is 17.4 Å². The van der Waals surface area contributed by atoms with Crippen LogP contribution in [0.4, 0.5) is 11.5 Å². The van der Waals surface area contributed by atoms with E-state index in [2.05, 4.69) is 15.6 Å². The Kier molecular flexibility index (Phi) is 4.25. The highest BCUT2D eigenvalue weighted by atomic mass is 16.6. The number of benzene rings is 2. The normalized spacial score (nSPS) is 10.5. The molecule has 3 rings (SSSR count). The Labute approximate surface area is 142 Å². The van der Waals surface area contributed by atoms with E-state index in [0.717, 1.165) is 16.7 Å². The van der Waals surface area contributed by atoms with Crippen molar-refractivity contribution in [3.05, 3.63) is 69.3 Å². The van der Waals surface area contributed by atoms with Crippen molar-refractivity contribution in [1.82, 2.24) is 10.3 Å². The van der Waals surface area contributed by atoms with Gasteiger partial charge < -0.3 is 5.32 Å². The van der Waals surface area contributed by atoms with Gasteiger partial charge in [0.25, 0.3) is 11.6 Å². The molecule has 1 heterocycles. The molecule has 0 aliphatic carbocycles. The lowest BCUT2D eigenvalue weighted by Gasteiger charge is -2.06. The fraction of sp³-hybridized carbons (Fsp3) is 0.118. The van der Waals surface area contributed by atoms with Crippen molar-refractivity contribution in [3.63, 3.8) is 0 Å². The predicted molar refractivity (Wildman–Crippen MR) is 90.3 cm³/mol. The van der Waals surface area contributed by atoms with Gasteiger partial charge in [0.05, 0.1) is 4.92 Å². The van der Waals surface area contributed by atoms with E-state index < -0.39 is 10.8 Å². The molecule has 2 aromatic carbocycles. The Morgan fingerprint density at radius 3 is 2.68 bits per heavy atom. The van der Waals surface area contributed by atoms with Gasteiger partial charge in [-0.3, -0.25) is 14.9 Å². The molecule has 1 aromatic heterocycles. The Hall–Kier alpha value is -3.55. The highest BCUT2D eigenvalue weighted by Gasteiger charge is 2.23. The molecule has 126 valence electrons. The van der Waals surface area contributed by atoms with Crippen LogP contribution >= 0.6 is 0 Å². The first-order valence-electron chi connectivity index (χ1n) is 7.42. The highest BCUT2D eigenvalue weighted by Crippen LogP contribution is 2.29. The summed E-state index contributed by atoms with van der Waals surface area (Å²) >= 11 is 0. The van der Waals surface area contributed by atoms with Crippen molar-refractivity contribution in [1.29, 1.82) is 0 Å². The van der Waals surface area contributed by atoms with E-state index in [1.165, 1.54) is 18.2 Å². The zero-order valence-corrected chi connectivity index (χ0v) is 13.5. The molecule has 0 bridgehead atoms. The summed E-state index contributed by atoms with van der Waals surface area (Å²) in [5, 5.41) is 21.2. The number of carbonyl (C=O) groups excluding carboxylic acids is 1. The van der Waals surface area contributed by atoms with Crippen molar-refractivity contribution in [2.24, 2.45) is 0 Å². The average molecular weight is 338 g/mol. The quantitative estimate of drug-likeness (QED) is 0.575. The molecule has 25 heavy (non-hydrogen) atoms. The minimum Gasteiger partial charge on any atom is -0.302 e. The average Bonchev–Trinajstić information content (AvgIpc) is 3.04. The number of carbonyl (C=O) groups is 1. The van der Waals surface area contributed by atoms with Crippen molar-refractivity contribution in [2.75, 3.05) is 5.32 Å². The topological polar surface area (TPSA) is 111 Å². The fourth-order valence-corrected chi connectivity index (χ4v) is 2.44. The predicted octanol–water partition coefficient (Wildman–Crippen LogP) is 3.51. The molecule has 8 nitrogen and oxygen atoms in total. The number of hydrogen-bond acceptors (Lipinski definition) is 6. The maximum absolute atomic E-state index is 12.4. The summed E-state index contributed by atoms with van der Waals surface area (Å²) in [6, 6.07) is 11.5. The first-order valence-corrected chi connectivity index (χ1v) is 7.42. The van der Waals surface area contributed by atoms with Gasteiger partial charge in [0.15, 0.2) is 5.69 Å². The van der Waals surface area contributed by atoms with Crippen LogP contribution in [-0.2, 0) is 0 Å². The third kappa shape index (κ3) is 3.23. The zero-order chi connectivity index (χ0) is 18.0. The van der Waals surface area contributed by atoms with E-state index >= 15 is 0 Å². The fourth-order valence-electron chi connectivity index (χ4n) is 2.44. The summed E-state index contributed by atoms with van der Waals surface area (Å²) < 4.78 is 4.76. The summed E-state index contributed by atoms with van der Waals surface area (Å²) in [4.78, 5) is 22.9. The van der Waals surface area contributed by atoms with Crippen molar-refractivity contribution in [2.45, 2.75) is 13.8 Å². The van der Waals surface area contributed by atoms with Crippen LogP contribution in [0.1, 0.15) is 21.5 Å². The van der Waals surface area contributed by atoms with Gasteiger partial charge in [0.1, 0.15) is 5.56 Å². The summed E-state index contributed by atoms with van der Waals surface area (Å²) in [7, 11) is 0. The van der Waals surface area contributed by atoms with Crippen molar-refractivity contribution in [3.8, 4) is 11.3 Å². The van der Waals surface area contributed by atoms with Gasteiger partial charge in [-0.1, -0.05) is 29.8 Å². The van der Waals surface area contributed by atoms with E-state index in [-0.39, 0.29) is 17.1 Å². The maximum atomic E-state index is 12.4. The molecule has 0 aliphatic heterocycles. The lowest BCUT2D eigenvalue weighted by Crippen LogP contribution is -2.14. The minimum atomic E-state index is -0.658. The maximum Gasteiger partial charge on any atom is 0.282 e. The Balaban J connectivity index is 1.96. The number of hydrogen-bond donors (Lipinski definition) is 1. The lowest BCUT2D eigenvalue weighted by atomic mass is 10.0. The third-order valence-corrected chi connectivity index (χ3v) is 3.71. The number of nitrogens with zero attached hydrogens (tertiary/aromatic N) is 3. The van der Waals surface area contributed by atoms with Gasteiger partial charge in [0.2, 0.25) is 5.82 Å². The number of rotatable bonds is 4. The number of aryl methyl sites for hydroxylation is 2. The minimum absolute atomic E-state index is 0.0672. The highest BCUT2D eigenvalue weighted by molar-refractivity contribution is 6.07. The van der Waals surface area contributed by atoms with Gasteiger partial charge in [-0.25, -0.2) is 4.63 Å². The van der Waals surface area contributed by atoms with Crippen LogP contribution in [0.25, 0.3) is 11.3 Å². The Bertz CT molecular complexity index is 965. The molecule has 1 amide bonds. The molecule has 0 aliphatic rings. The number of aromatic nitrogens is 2. The molecular formula is C17H14N4O4. The van der Waals surface area contributed by atoms with E-state index in [1.54, 1.807) is 6.07 Å². The number of anilines is 1. The molecule has 8 heteroatoms. The molecular weight excluding hydrogens is 324 g/mol. The molecule has 0 radical (unpaired) electrons. The second-order valence-corrected chi connectivity index (χ2v) is 5.51. The van der Waals surface area contributed by atoms with Crippen LogP contribution in [0.2, 0.25) is 0 Å². The van der Waals surface area contributed by atoms with Crippen LogP contribution in [0, 0.1) is 24.0 Å². The number of nitro benzene ring substituents is 1. The van der Waals surface area contributed by atoms with Gasteiger partial charge in [-0.15, -0.1) is 0 Å². The van der Waals surface area contributed by atoms with Gasteiger partial charge in [0, 0.05) is 11.6 Å². The summed E-state index contributed by atoms with van der Waals surface area (Å²) in [5.41, 5.74) is 2.72. The third-order valence-electron chi connectivity index (χ3n) is 3.71. The molecule has 0 saturated heterocycles. The van der Waals surface area contributed by atoms with Crippen LogP contribution in [-0.4, -0.2) is 21.1 Å². The largest absolute Gasteiger partial charge is 0.302 e. The summed E-state index contributed by atoms with van der Waals surface area (Å²) in [6.45, 7) is 3.83. The molecule has 3 aromatic rings. The number of para-hydroxylation sites is 1. The molecule has 0 spiro atoms. The molecule has 0 unspecified atom stereocenters. The molecule has 0 atom stereocenters. The second-order valence-electron chi connectivity index (χ2n) is 5.51. The number of nitrogens with one attached hydrogen (secondary N) is 1. The van der Waals surface area contributed by atoms with E-state index in [1.807, 2.05) is 32.0 Å². The standard InChI is InChI=1S/C17H14N4O4/c1-10-7-8-11(2)13(9-10)15-16(20-25-19-15)18-17(22)12-5-3-4-6-14(12)21(23)24/h3-9H,1-2H3,(H,18,20,22). The number of nitro groups is 1. The SMILES string of the molecule is Cc1ccc(C)c(-c2nonc2NC(=O)c2ccccc2[N+](=O)[O-])c1. The van der Waals surface area contributed by atoms with Gasteiger partial charge >= 0.3 is 0 Å². The van der Waals surface area contributed by atoms with E-state index in [4.69, 9.17) is 4.63 Å². The summed E-state index contributed by atoms with van der Waals surface area (Å²) in [6.07, 6.45) is 0. The molecule has 0 saturated carbocycles. The van der Waals surface area contributed by atoms with Gasteiger partial charge in [-0.05, 0) is 41.9 Å². The van der Waals surface area contributed by atoms with E-state index in [0.29, 0.717) is 5.69 Å². The zero-order valence-electron chi connectivity index (χ0n) is 13.5. The van der Waals surface area contributed by atoms with Gasteiger partial charge in [-0.2, -0.15) is 0 Å². The smallest absolute Gasteiger partial charge is 0.282 e. The first kappa shape index (κ1) is 16.3. The lowest BCUT2D eigenvalue weighted by molar-refractivity contribution is -0.385. The van der Waals surface area contributed by atoms with Crippen LogP contribution < -0.4 is 5.32 Å². The monoisotopic (exact) mass is 338 g/mol. The van der Waals surface area contributed by atoms with Crippen LogP contribution in [0.3, 0.4) is 0 Å². The first-order chi connectivity index (χ1) is 12.0. The molecule has 0 fully saturated rings.